The lowest BCUT2D eigenvalue weighted by atomic mass is 10.2. The molecule has 1 aromatic heterocycles. The first kappa shape index (κ1) is 16.8. The second-order valence-corrected chi connectivity index (χ2v) is 5.68. The number of benzene rings is 1. The maximum Gasteiger partial charge on any atom is 0.234 e. The molecule has 0 saturated heterocycles. The number of hydrogen-bond acceptors (Lipinski definition) is 6. The predicted molar refractivity (Wildman–Crippen MR) is 84.1 cm³/mol. The van der Waals surface area contributed by atoms with E-state index < -0.39 is 11.9 Å². The lowest BCUT2D eigenvalue weighted by Gasteiger charge is -2.09. The Balaban J connectivity index is 2.06. The molecule has 8 heteroatoms. The molecule has 1 aromatic carbocycles. The monoisotopic (exact) mass is 346 g/mol. The van der Waals surface area contributed by atoms with Crippen LogP contribution in [-0.4, -0.2) is 22.6 Å². The Kier molecular flexibility index (Phi) is 5.57. The van der Waals surface area contributed by atoms with Crippen LogP contribution < -0.4 is 10.4 Å². The molecule has 0 aliphatic rings. The molecule has 2 aromatic rings. The lowest BCUT2D eigenvalue weighted by molar-refractivity contribution is -0.255. The average molecular weight is 347 g/mol. The van der Waals surface area contributed by atoms with Gasteiger partial charge < -0.3 is 15.2 Å². The third-order valence-electron chi connectivity index (χ3n) is 2.71. The van der Waals surface area contributed by atoms with Gasteiger partial charge in [-0.3, -0.25) is 4.79 Å². The van der Waals surface area contributed by atoms with Crippen molar-refractivity contribution in [3.63, 3.8) is 0 Å². The summed E-state index contributed by atoms with van der Waals surface area (Å²) in [6.45, 7) is 0. The summed E-state index contributed by atoms with van der Waals surface area (Å²) in [5, 5.41) is 23.1. The van der Waals surface area contributed by atoms with Crippen molar-refractivity contribution in [2.75, 3.05) is 11.1 Å². The normalized spacial score (nSPS) is 9.91. The third kappa shape index (κ3) is 4.45. The van der Waals surface area contributed by atoms with Crippen LogP contribution in [-0.2, 0) is 4.79 Å². The van der Waals surface area contributed by atoms with Crippen molar-refractivity contribution in [3.8, 4) is 6.07 Å². The molecule has 0 aliphatic heterocycles. The smallest absolute Gasteiger partial charge is 0.234 e. The second kappa shape index (κ2) is 7.63. The Morgan fingerprint density at radius 3 is 2.87 bits per heavy atom. The number of amides is 1. The van der Waals surface area contributed by atoms with Crippen molar-refractivity contribution in [2.24, 2.45) is 0 Å². The van der Waals surface area contributed by atoms with Crippen LogP contribution >= 0.6 is 23.4 Å². The second-order valence-electron chi connectivity index (χ2n) is 4.28. The van der Waals surface area contributed by atoms with Gasteiger partial charge in [0, 0.05) is 16.8 Å². The fraction of sp³-hybridized carbons (Fsp3) is 0.0667. The zero-order valence-electron chi connectivity index (χ0n) is 11.6. The van der Waals surface area contributed by atoms with E-state index in [1.807, 2.05) is 6.07 Å². The summed E-state index contributed by atoms with van der Waals surface area (Å²) < 4.78 is 0. The Morgan fingerprint density at radius 1 is 1.39 bits per heavy atom. The number of carboxylic acid groups (broad SMARTS) is 1. The van der Waals surface area contributed by atoms with Gasteiger partial charge in [-0.15, -0.1) is 0 Å². The van der Waals surface area contributed by atoms with Crippen LogP contribution in [0.2, 0.25) is 5.02 Å². The molecule has 23 heavy (non-hydrogen) atoms. The van der Waals surface area contributed by atoms with Crippen LogP contribution in [0.5, 0.6) is 0 Å². The SMILES string of the molecule is N#Cc1ccc(Cl)cc1NC(=O)CSc1ncccc1C(=O)[O-]. The van der Waals surface area contributed by atoms with Gasteiger partial charge in [0.25, 0.3) is 0 Å². The highest BCUT2D eigenvalue weighted by Gasteiger charge is 2.11. The van der Waals surface area contributed by atoms with Crippen molar-refractivity contribution >= 4 is 40.9 Å². The first-order chi connectivity index (χ1) is 11.0. The third-order valence-corrected chi connectivity index (χ3v) is 3.95. The Bertz CT molecular complexity index is 805. The molecule has 6 nitrogen and oxygen atoms in total. The molecule has 1 heterocycles. The zero-order valence-corrected chi connectivity index (χ0v) is 13.1. The summed E-state index contributed by atoms with van der Waals surface area (Å²) in [6.07, 6.45) is 1.43. The zero-order chi connectivity index (χ0) is 16.8. The number of aromatic nitrogens is 1. The van der Waals surface area contributed by atoms with Crippen LogP contribution in [0.15, 0.2) is 41.6 Å². The summed E-state index contributed by atoms with van der Waals surface area (Å²) >= 11 is 6.80. The molecule has 0 bridgehead atoms. The van der Waals surface area contributed by atoms with Gasteiger partial charge in [-0.1, -0.05) is 23.4 Å². The van der Waals surface area contributed by atoms with Crippen molar-refractivity contribution in [3.05, 3.63) is 52.7 Å². The van der Waals surface area contributed by atoms with Crippen LogP contribution in [0.25, 0.3) is 0 Å². The van der Waals surface area contributed by atoms with Crippen molar-refractivity contribution in [1.29, 1.82) is 5.26 Å². The fourth-order valence-corrected chi connectivity index (χ4v) is 2.65. The summed E-state index contributed by atoms with van der Waals surface area (Å²) in [4.78, 5) is 26.8. The minimum Gasteiger partial charge on any atom is -0.545 e. The number of carbonyl (C=O) groups excluding carboxylic acids is 2. The molecule has 0 spiro atoms. The van der Waals surface area contributed by atoms with E-state index in [4.69, 9.17) is 16.9 Å². The van der Waals surface area contributed by atoms with Crippen LogP contribution in [0.1, 0.15) is 15.9 Å². The topological polar surface area (TPSA) is 106 Å². The molecule has 1 amide bonds. The number of nitrogens with zero attached hydrogens (tertiary/aromatic N) is 2. The number of anilines is 1. The molecule has 2 rings (SSSR count). The Morgan fingerprint density at radius 2 is 2.17 bits per heavy atom. The number of halogens is 1. The number of hydrogen-bond donors (Lipinski definition) is 1. The van der Waals surface area contributed by atoms with E-state index >= 15 is 0 Å². The van der Waals surface area contributed by atoms with Gasteiger partial charge in [-0.05, 0) is 30.3 Å². The van der Waals surface area contributed by atoms with E-state index in [9.17, 15) is 14.7 Å². The van der Waals surface area contributed by atoms with Crippen LogP contribution in [0.3, 0.4) is 0 Å². The molecule has 1 N–H and O–H groups in total. The number of carboxylic acids is 1. The van der Waals surface area contributed by atoms with Crippen molar-refractivity contribution in [2.45, 2.75) is 5.03 Å². The molecule has 116 valence electrons. The quantitative estimate of drug-likeness (QED) is 0.826. The number of pyridine rings is 1. The maximum absolute atomic E-state index is 12.0. The van der Waals surface area contributed by atoms with Gasteiger partial charge in [0.2, 0.25) is 5.91 Å². The number of nitrogens with one attached hydrogen (secondary N) is 1. The van der Waals surface area contributed by atoms with Gasteiger partial charge in [-0.2, -0.15) is 5.26 Å². The number of thioether (sulfide) groups is 1. The van der Waals surface area contributed by atoms with Gasteiger partial charge in [0.15, 0.2) is 0 Å². The standard InChI is InChI=1S/C15H10ClN3O3S/c16-10-4-3-9(7-17)12(6-10)19-13(20)8-23-14-11(15(21)22)2-1-5-18-14/h1-6H,8H2,(H,19,20)(H,21,22)/p-1. The van der Waals surface area contributed by atoms with E-state index in [0.29, 0.717) is 10.7 Å². The van der Waals surface area contributed by atoms with E-state index in [1.165, 1.54) is 30.5 Å². The van der Waals surface area contributed by atoms with Gasteiger partial charge >= 0.3 is 0 Å². The lowest BCUT2D eigenvalue weighted by Crippen LogP contribution is -2.23. The van der Waals surface area contributed by atoms with E-state index in [1.54, 1.807) is 6.07 Å². The molecular formula is C15H9ClN3O3S-. The highest BCUT2D eigenvalue weighted by Crippen LogP contribution is 2.22. The van der Waals surface area contributed by atoms with Crippen LogP contribution in [0.4, 0.5) is 5.69 Å². The molecule has 0 aliphatic carbocycles. The van der Waals surface area contributed by atoms with Crippen molar-refractivity contribution < 1.29 is 14.7 Å². The number of rotatable bonds is 5. The Labute approximate surface area is 141 Å². The number of carbonyl (C=O) groups is 2. The summed E-state index contributed by atoms with van der Waals surface area (Å²) in [5.74, 6) is -1.85. The summed E-state index contributed by atoms with van der Waals surface area (Å²) in [6, 6.07) is 9.29. The molecule has 0 radical (unpaired) electrons. The predicted octanol–water partition coefficient (Wildman–Crippen LogP) is 1.70. The minimum atomic E-state index is -1.36. The summed E-state index contributed by atoms with van der Waals surface area (Å²) in [7, 11) is 0. The molecular weight excluding hydrogens is 338 g/mol. The van der Waals surface area contributed by atoms with Crippen molar-refractivity contribution in [1.82, 2.24) is 4.98 Å². The maximum atomic E-state index is 12.0. The number of aromatic carboxylic acids is 1. The van der Waals surface area contributed by atoms with Crippen LogP contribution in [0, 0.1) is 11.3 Å². The van der Waals surface area contributed by atoms with Gasteiger partial charge in [-0.25, -0.2) is 4.98 Å². The summed E-state index contributed by atoms with van der Waals surface area (Å²) in [5.41, 5.74) is 0.499. The van der Waals surface area contributed by atoms with E-state index in [0.717, 1.165) is 11.8 Å². The molecule has 0 atom stereocenters. The minimum absolute atomic E-state index is 0.0747. The fourth-order valence-electron chi connectivity index (χ4n) is 1.70. The molecule has 0 saturated carbocycles. The highest BCUT2D eigenvalue weighted by atomic mass is 35.5. The largest absolute Gasteiger partial charge is 0.545 e. The van der Waals surface area contributed by atoms with Gasteiger partial charge in [0.1, 0.15) is 11.1 Å². The first-order valence-electron chi connectivity index (χ1n) is 6.30. The molecule has 0 unspecified atom stereocenters. The molecule has 0 fully saturated rings. The number of nitriles is 1. The van der Waals surface area contributed by atoms with Gasteiger partial charge in [0.05, 0.1) is 23.0 Å². The average Bonchev–Trinajstić information content (AvgIpc) is 2.53. The first-order valence-corrected chi connectivity index (χ1v) is 7.66. The Hall–Kier alpha value is -2.56. The highest BCUT2D eigenvalue weighted by molar-refractivity contribution is 8.00. The van der Waals surface area contributed by atoms with E-state index in [2.05, 4.69) is 10.3 Å². The van der Waals surface area contributed by atoms with E-state index in [-0.39, 0.29) is 21.9 Å².